The molecule has 13 nitrogen and oxygen atoms in total. The zero-order chi connectivity index (χ0) is 32.1. The number of hydrogen-bond acceptors (Lipinski definition) is 10. The van der Waals surface area contributed by atoms with Gasteiger partial charge in [-0.1, -0.05) is 66.7 Å². The maximum Gasteiger partial charge on any atom is 0.459 e. The zero-order valence-electron chi connectivity index (χ0n) is 23.9. The Bertz CT molecular complexity index is 1810. The van der Waals surface area contributed by atoms with Gasteiger partial charge in [-0.3, -0.25) is 23.7 Å². The number of aliphatic hydroxyl groups excluding tert-OH is 2. The highest BCUT2D eigenvalue weighted by Crippen LogP contribution is 2.49. The van der Waals surface area contributed by atoms with E-state index in [9.17, 15) is 33.6 Å². The Kier molecular flexibility index (Phi) is 9.93. The summed E-state index contributed by atoms with van der Waals surface area (Å²) in [4.78, 5) is 38.4. The number of fused-ring (bicyclic) bond motifs is 1. The van der Waals surface area contributed by atoms with E-state index in [1.807, 2.05) is 24.3 Å². The van der Waals surface area contributed by atoms with Gasteiger partial charge >= 0.3 is 19.4 Å². The molecule has 3 aromatic carbocycles. The predicted molar refractivity (Wildman–Crippen MR) is 159 cm³/mol. The van der Waals surface area contributed by atoms with Crippen molar-refractivity contribution >= 4 is 24.5 Å². The Hall–Kier alpha value is -4.17. The van der Waals surface area contributed by atoms with Crippen LogP contribution in [0, 0.1) is 5.82 Å². The molecule has 4 N–H and O–H groups in total. The molecule has 238 valence electrons. The van der Waals surface area contributed by atoms with Gasteiger partial charge < -0.3 is 24.2 Å². The van der Waals surface area contributed by atoms with Gasteiger partial charge in [-0.2, -0.15) is 9.48 Å². The molecule has 2 heterocycles. The number of aromatic nitrogens is 2. The fourth-order valence-corrected chi connectivity index (χ4v) is 6.56. The number of H-pyrrole nitrogens is 1. The van der Waals surface area contributed by atoms with E-state index in [4.69, 9.17) is 18.5 Å². The molecular formula is C30H31FN3O10P. The first-order valence-corrected chi connectivity index (χ1v) is 15.5. The normalized spacial score (nSPS) is 20.8. The lowest BCUT2D eigenvalue weighted by molar-refractivity contribution is -0.146. The van der Waals surface area contributed by atoms with Crippen molar-refractivity contribution in [1.29, 1.82) is 0 Å². The number of rotatable bonds is 12. The lowest BCUT2D eigenvalue weighted by Gasteiger charge is -2.30. The Labute approximate surface area is 255 Å². The lowest BCUT2D eigenvalue weighted by atomic mass is 10.1. The largest absolute Gasteiger partial charge is 0.460 e. The van der Waals surface area contributed by atoms with Crippen LogP contribution >= 0.6 is 7.75 Å². The van der Waals surface area contributed by atoms with Crippen molar-refractivity contribution in [3.05, 3.63) is 111 Å². The highest BCUT2D eigenvalue weighted by atomic mass is 31.2. The number of halogens is 1. The average Bonchev–Trinajstić information content (AvgIpc) is 3.42. The highest BCUT2D eigenvalue weighted by Gasteiger charge is 2.45. The Morgan fingerprint density at radius 2 is 1.84 bits per heavy atom. The number of carbonyl (C=O) groups is 1. The maximum absolute atomic E-state index is 14.4. The number of nitrogens with one attached hydrogen (secondary N) is 2. The topological polar surface area (TPSA) is 178 Å². The maximum atomic E-state index is 14.4. The zero-order valence-corrected chi connectivity index (χ0v) is 24.8. The number of esters is 1. The standard InChI is InChI=1S/C30H31FN3O10P/c1-18(29(38)41-17-19-8-3-2-4-9-19)33-45(40,43-24-13-7-11-20-10-5-6-12-21(20)24)44-25(16-35)27-23(36)14-26(42-27)34-15-22(31)28(37)32-30(34)39/h2-13,15,18,23,25-27,35-36H,14,16-17H2,1H3,(H,33,40)(H,32,37,39)/t18-,23-,25+,26+,27-,45+/m0/s1. The number of benzene rings is 3. The summed E-state index contributed by atoms with van der Waals surface area (Å²) in [5.41, 5.74) is -1.49. The first-order valence-electron chi connectivity index (χ1n) is 14.0. The SMILES string of the molecule is C[C@H](N[P@@](=O)(Oc1cccc2ccccc12)O[C@H](CO)[C@H]1O[C@@H](n2cc(F)c(=O)[nH]c2=O)C[C@@H]1O)C(=O)OCc1ccccc1. The van der Waals surface area contributed by atoms with Crippen molar-refractivity contribution in [3.8, 4) is 5.75 Å². The summed E-state index contributed by atoms with van der Waals surface area (Å²) in [6.45, 7) is 0.493. The molecule has 15 heteroatoms. The second kappa shape index (κ2) is 13.9. The molecule has 0 bridgehead atoms. The smallest absolute Gasteiger partial charge is 0.459 e. The minimum absolute atomic E-state index is 0.0471. The monoisotopic (exact) mass is 643 g/mol. The fourth-order valence-electron chi connectivity index (χ4n) is 4.86. The molecule has 0 amide bonds. The summed E-state index contributed by atoms with van der Waals surface area (Å²) in [5, 5.41) is 24.9. The van der Waals surface area contributed by atoms with Crippen LogP contribution in [0.15, 0.2) is 88.6 Å². The van der Waals surface area contributed by atoms with Gasteiger partial charge in [-0.25, -0.2) is 9.36 Å². The summed E-state index contributed by atoms with van der Waals surface area (Å²) in [5.74, 6) is -1.90. The molecule has 5 rings (SSSR count). The Morgan fingerprint density at radius 1 is 1.13 bits per heavy atom. The van der Waals surface area contributed by atoms with Crippen molar-refractivity contribution in [2.45, 2.75) is 50.5 Å². The quantitative estimate of drug-likeness (QED) is 0.132. The number of carbonyl (C=O) groups excluding carboxylic acids is 1. The first-order chi connectivity index (χ1) is 21.6. The van der Waals surface area contributed by atoms with Crippen LogP contribution in [0.3, 0.4) is 0 Å². The minimum Gasteiger partial charge on any atom is -0.460 e. The van der Waals surface area contributed by atoms with E-state index in [1.54, 1.807) is 53.5 Å². The van der Waals surface area contributed by atoms with E-state index >= 15 is 0 Å². The highest BCUT2D eigenvalue weighted by molar-refractivity contribution is 7.52. The summed E-state index contributed by atoms with van der Waals surface area (Å²) >= 11 is 0. The molecule has 6 atom stereocenters. The van der Waals surface area contributed by atoms with Gasteiger partial charge in [-0.15, -0.1) is 0 Å². The van der Waals surface area contributed by atoms with E-state index < -0.39 is 68.0 Å². The Balaban J connectivity index is 1.39. The molecule has 1 aromatic heterocycles. The van der Waals surface area contributed by atoms with Crippen LogP contribution in [0.25, 0.3) is 10.8 Å². The molecule has 1 saturated heterocycles. The van der Waals surface area contributed by atoms with Crippen LogP contribution in [0.4, 0.5) is 4.39 Å². The number of ether oxygens (including phenoxy) is 2. The van der Waals surface area contributed by atoms with Crippen molar-refractivity contribution in [2.24, 2.45) is 0 Å². The third-order valence-electron chi connectivity index (χ3n) is 7.09. The van der Waals surface area contributed by atoms with Crippen LogP contribution in [0.5, 0.6) is 5.75 Å². The molecule has 0 unspecified atom stereocenters. The van der Waals surface area contributed by atoms with Gasteiger partial charge in [0.15, 0.2) is 0 Å². The third-order valence-corrected chi connectivity index (χ3v) is 8.78. The van der Waals surface area contributed by atoms with Crippen LogP contribution in [0.2, 0.25) is 0 Å². The third kappa shape index (κ3) is 7.56. The molecule has 0 aliphatic carbocycles. The summed E-state index contributed by atoms with van der Waals surface area (Å²) in [7, 11) is -4.60. The number of aliphatic hydroxyl groups is 2. The number of aromatic amines is 1. The van der Waals surface area contributed by atoms with Gasteiger partial charge in [0, 0.05) is 11.8 Å². The predicted octanol–water partition coefficient (Wildman–Crippen LogP) is 2.76. The van der Waals surface area contributed by atoms with Crippen LogP contribution in [-0.2, 0) is 30.0 Å². The van der Waals surface area contributed by atoms with E-state index in [2.05, 4.69) is 5.09 Å². The molecule has 4 aromatic rings. The molecule has 1 aliphatic rings. The molecule has 0 radical (unpaired) electrons. The van der Waals surface area contributed by atoms with Crippen LogP contribution < -0.4 is 20.9 Å². The average molecular weight is 644 g/mol. The summed E-state index contributed by atoms with van der Waals surface area (Å²) in [6, 6.07) is 19.8. The molecule has 1 fully saturated rings. The van der Waals surface area contributed by atoms with E-state index in [-0.39, 0.29) is 18.8 Å². The molecule has 1 aliphatic heterocycles. The first kappa shape index (κ1) is 32.2. The van der Waals surface area contributed by atoms with Gasteiger partial charge in [-0.05, 0) is 23.9 Å². The van der Waals surface area contributed by atoms with Gasteiger partial charge in [0.1, 0.15) is 36.8 Å². The number of nitrogens with zero attached hydrogens (tertiary/aromatic N) is 1. The fraction of sp³-hybridized carbons (Fsp3) is 0.300. The van der Waals surface area contributed by atoms with Gasteiger partial charge in [0.05, 0.1) is 18.9 Å². The minimum atomic E-state index is -4.60. The molecule has 0 saturated carbocycles. The lowest BCUT2D eigenvalue weighted by Crippen LogP contribution is -2.42. The summed E-state index contributed by atoms with van der Waals surface area (Å²) in [6.07, 6.45) is -5.22. The van der Waals surface area contributed by atoms with Gasteiger partial charge in [0.2, 0.25) is 5.82 Å². The molecule has 0 spiro atoms. The molecule has 45 heavy (non-hydrogen) atoms. The van der Waals surface area contributed by atoms with Crippen molar-refractivity contribution in [1.82, 2.24) is 14.6 Å². The number of hydrogen-bond donors (Lipinski definition) is 4. The van der Waals surface area contributed by atoms with E-state index in [0.29, 0.717) is 11.6 Å². The van der Waals surface area contributed by atoms with E-state index in [1.165, 1.54) is 6.92 Å². The van der Waals surface area contributed by atoms with Crippen molar-refractivity contribution in [2.75, 3.05) is 6.61 Å². The van der Waals surface area contributed by atoms with Crippen molar-refractivity contribution < 1.29 is 42.5 Å². The van der Waals surface area contributed by atoms with Crippen LogP contribution in [0.1, 0.15) is 25.1 Å². The van der Waals surface area contributed by atoms with Crippen molar-refractivity contribution in [3.63, 3.8) is 0 Å². The second-order valence-electron chi connectivity index (χ2n) is 10.3. The Morgan fingerprint density at radius 3 is 2.60 bits per heavy atom. The second-order valence-corrected chi connectivity index (χ2v) is 12.0. The van der Waals surface area contributed by atoms with Gasteiger partial charge in [0.25, 0.3) is 5.56 Å². The molecular weight excluding hydrogens is 612 g/mol. The summed E-state index contributed by atoms with van der Waals surface area (Å²) < 4.78 is 51.8. The van der Waals surface area contributed by atoms with E-state index in [0.717, 1.165) is 15.5 Å². The van der Waals surface area contributed by atoms with Crippen LogP contribution in [-0.4, -0.2) is 56.7 Å².